The molecule has 0 aliphatic carbocycles. The highest BCUT2D eigenvalue weighted by Crippen LogP contribution is 2.39. The lowest BCUT2D eigenvalue weighted by Crippen LogP contribution is -2.40. The van der Waals surface area contributed by atoms with E-state index in [2.05, 4.69) is 5.32 Å². The van der Waals surface area contributed by atoms with Crippen LogP contribution in [-0.4, -0.2) is 42.8 Å². The number of carbonyl (C=O) groups excluding carboxylic acids is 1. The van der Waals surface area contributed by atoms with E-state index in [9.17, 15) is 14.7 Å². The van der Waals surface area contributed by atoms with Gasteiger partial charge in [-0.05, 0) is 39.3 Å². The molecule has 0 fully saturated rings. The number of carboxylic acid groups (broad SMARTS) is 1. The Labute approximate surface area is 154 Å². The first-order valence-corrected chi connectivity index (χ1v) is 9.08. The van der Waals surface area contributed by atoms with Crippen LogP contribution in [0.15, 0.2) is 12.1 Å². The zero-order chi connectivity index (χ0) is 19.5. The minimum absolute atomic E-state index is 0.267. The Hall–Kier alpha value is -2.44. The van der Waals surface area contributed by atoms with Gasteiger partial charge in [0.25, 0.3) is 5.91 Å². The predicted molar refractivity (Wildman–Crippen MR) is 98.4 cm³/mol. The highest BCUT2D eigenvalue weighted by Gasteiger charge is 2.23. The minimum Gasteiger partial charge on any atom is -0.490 e. The highest BCUT2D eigenvalue weighted by atomic mass is 16.5. The van der Waals surface area contributed by atoms with E-state index in [0.717, 1.165) is 12.8 Å². The molecule has 1 rings (SSSR count). The molecule has 1 unspecified atom stereocenters. The summed E-state index contributed by atoms with van der Waals surface area (Å²) in [6.07, 6.45) is 1.95. The van der Waals surface area contributed by atoms with Gasteiger partial charge in [0.05, 0.1) is 19.8 Å². The molecule has 7 nitrogen and oxygen atoms in total. The minimum atomic E-state index is -1.05. The van der Waals surface area contributed by atoms with Crippen LogP contribution in [0, 0.1) is 0 Å². The van der Waals surface area contributed by atoms with E-state index in [-0.39, 0.29) is 5.56 Å². The number of rotatable bonds is 12. The van der Waals surface area contributed by atoms with Crippen molar-refractivity contribution >= 4 is 11.9 Å². The van der Waals surface area contributed by atoms with Gasteiger partial charge < -0.3 is 24.6 Å². The van der Waals surface area contributed by atoms with Gasteiger partial charge in [-0.3, -0.25) is 4.79 Å². The molecule has 0 saturated carbocycles. The number of hydrogen-bond donors (Lipinski definition) is 2. The molecular weight excluding hydrogens is 338 g/mol. The fourth-order valence-corrected chi connectivity index (χ4v) is 2.43. The van der Waals surface area contributed by atoms with Crippen LogP contribution in [0.4, 0.5) is 0 Å². The number of aliphatic carboxylic acids is 1. The van der Waals surface area contributed by atoms with E-state index < -0.39 is 17.9 Å². The molecular formula is C19H29NO6. The van der Waals surface area contributed by atoms with Crippen LogP contribution in [0.5, 0.6) is 17.2 Å². The van der Waals surface area contributed by atoms with Gasteiger partial charge in [-0.15, -0.1) is 0 Å². The summed E-state index contributed by atoms with van der Waals surface area (Å²) >= 11 is 0. The molecule has 1 atom stereocenters. The molecule has 1 amide bonds. The van der Waals surface area contributed by atoms with Crippen molar-refractivity contribution in [3.05, 3.63) is 17.7 Å². The maximum atomic E-state index is 12.6. The molecule has 26 heavy (non-hydrogen) atoms. The van der Waals surface area contributed by atoms with E-state index in [1.807, 2.05) is 27.7 Å². The van der Waals surface area contributed by atoms with Crippen molar-refractivity contribution in [1.29, 1.82) is 0 Å². The van der Waals surface area contributed by atoms with Gasteiger partial charge in [0.2, 0.25) is 5.75 Å². The number of nitrogens with one attached hydrogen (secondary N) is 1. The quantitative estimate of drug-likeness (QED) is 0.589. The second kappa shape index (κ2) is 11.2. The fraction of sp³-hybridized carbons (Fsp3) is 0.579. The van der Waals surface area contributed by atoms with E-state index in [1.54, 1.807) is 12.1 Å². The van der Waals surface area contributed by atoms with E-state index in [0.29, 0.717) is 43.5 Å². The van der Waals surface area contributed by atoms with Gasteiger partial charge in [0, 0.05) is 5.56 Å². The lowest BCUT2D eigenvalue weighted by Gasteiger charge is -2.18. The van der Waals surface area contributed by atoms with Crippen LogP contribution in [-0.2, 0) is 4.79 Å². The molecule has 0 bridgehead atoms. The smallest absolute Gasteiger partial charge is 0.326 e. The van der Waals surface area contributed by atoms with Crippen molar-refractivity contribution in [2.24, 2.45) is 0 Å². The molecule has 2 N–H and O–H groups in total. The van der Waals surface area contributed by atoms with Crippen molar-refractivity contribution in [2.45, 2.75) is 53.0 Å². The van der Waals surface area contributed by atoms with E-state index >= 15 is 0 Å². The first-order chi connectivity index (χ1) is 12.5. The maximum absolute atomic E-state index is 12.6. The summed E-state index contributed by atoms with van der Waals surface area (Å²) in [5.41, 5.74) is 0.267. The molecule has 0 heterocycles. The summed E-state index contributed by atoms with van der Waals surface area (Å²) < 4.78 is 16.8. The van der Waals surface area contributed by atoms with Crippen molar-refractivity contribution < 1.29 is 28.9 Å². The summed E-state index contributed by atoms with van der Waals surface area (Å²) in [4.78, 5) is 23.9. The Morgan fingerprint density at radius 1 is 1.00 bits per heavy atom. The third-order valence-corrected chi connectivity index (χ3v) is 3.62. The van der Waals surface area contributed by atoms with Gasteiger partial charge in [-0.25, -0.2) is 4.79 Å². The van der Waals surface area contributed by atoms with Gasteiger partial charge in [0.15, 0.2) is 11.5 Å². The summed E-state index contributed by atoms with van der Waals surface area (Å²) in [5, 5.41) is 11.9. The Kier molecular flexibility index (Phi) is 9.33. The average Bonchev–Trinajstić information content (AvgIpc) is 2.61. The third-order valence-electron chi connectivity index (χ3n) is 3.62. The van der Waals surface area contributed by atoms with Gasteiger partial charge >= 0.3 is 5.97 Å². The predicted octanol–water partition coefficient (Wildman–Crippen LogP) is 3.26. The Morgan fingerprint density at radius 3 is 1.96 bits per heavy atom. The van der Waals surface area contributed by atoms with Crippen LogP contribution in [0.25, 0.3) is 0 Å². The number of carbonyl (C=O) groups is 2. The molecule has 0 spiro atoms. The number of amides is 1. The van der Waals surface area contributed by atoms with Crippen LogP contribution in [0.3, 0.4) is 0 Å². The summed E-state index contributed by atoms with van der Waals surface area (Å²) in [7, 11) is 0. The summed E-state index contributed by atoms with van der Waals surface area (Å²) in [6.45, 7) is 8.68. The van der Waals surface area contributed by atoms with Crippen LogP contribution >= 0.6 is 0 Å². The first-order valence-electron chi connectivity index (χ1n) is 9.08. The monoisotopic (exact) mass is 367 g/mol. The van der Waals surface area contributed by atoms with Crippen molar-refractivity contribution in [3.8, 4) is 17.2 Å². The molecule has 146 valence electrons. The van der Waals surface area contributed by atoms with Crippen LogP contribution in [0.2, 0.25) is 0 Å². The van der Waals surface area contributed by atoms with Gasteiger partial charge in [-0.1, -0.05) is 19.8 Å². The van der Waals surface area contributed by atoms with E-state index in [4.69, 9.17) is 14.2 Å². The normalized spacial score (nSPS) is 11.5. The lowest BCUT2D eigenvalue weighted by atomic mass is 10.1. The Morgan fingerprint density at radius 2 is 1.54 bits per heavy atom. The number of benzene rings is 1. The van der Waals surface area contributed by atoms with Gasteiger partial charge in [0.1, 0.15) is 6.04 Å². The molecule has 0 aliphatic rings. The molecule has 0 aliphatic heterocycles. The summed E-state index contributed by atoms with van der Waals surface area (Å²) in [6, 6.07) is 2.16. The molecule has 1 aromatic rings. The van der Waals surface area contributed by atoms with E-state index in [1.165, 1.54) is 0 Å². The number of ether oxygens (including phenoxy) is 3. The van der Waals surface area contributed by atoms with Gasteiger partial charge in [-0.2, -0.15) is 0 Å². The number of carboxylic acids is 1. The van der Waals surface area contributed by atoms with Crippen LogP contribution in [0.1, 0.15) is 57.3 Å². The van der Waals surface area contributed by atoms with Crippen molar-refractivity contribution in [2.75, 3.05) is 19.8 Å². The Balaban J connectivity index is 3.16. The van der Waals surface area contributed by atoms with Crippen molar-refractivity contribution in [3.63, 3.8) is 0 Å². The molecule has 0 radical (unpaired) electrons. The zero-order valence-corrected chi connectivity index (χ0v) is 16.0. The SMILES string of the molecule is CCCCC(NC(=O)c1cc(OCC)c(OCC)c(OCC)c1)C(=O)O. The summed E-state index contributed by atoms with van der Waals surface area (Å²) in [5.74, 6) is -0.309. The number of hydrogen-bond acceptors (Lipinski definition) is 5. The highest BCUT2D eigenvalue weighted by molar-refractivity contribution is 5.97. The third kappa shape index (κ3) is 6.13. The molecule has 0 aromatic heterocycles. The van der Waals surface area contributed by atoms with Crippen LogP contribution < -0.4 is 19.5 Å². The standard InChI is InChI=1S/C19H29NO6/c1-5-9-10-14(19(22)23)20-18(21)13-11-15(24-6-2)17(26-8-4)16(12-13)25-7-3/h11-12,14H,5-10H2,1-4H3,(H,20,21)(H,22,23). The second-order valence-electron chi connectivity index (χ2n) is 5.61. The Bertz CT molecular complexity index is 575. The molecule has 7 heteroatoms. The second-order valence-corrected chi connectivity index (χ2v) is 5.61. The topological polar surface area (TPSA) is 94.1 Å². The van der Waals surface area contributed by atoms with Crippen molar-refractivity contribution in [1.82, 2.24) is 5.32 Å². The maximum Gasteiger partial charge on any atom is 0.326 e. The molecule has 0 saturated heterocycles. The molecule has 1 aromatic carbocycles. The largest absolute Gasteiger partial charge is 0.490 e. The fourth-order valence-electron chi connectivity index (χ4n) is 2.43. The lowest BCUT2D eigenvalue weighted by molar-refractivity contribution is -0.139. The first kappa shape index (κ1) is 21.6. The number of unbranched alkanes of at least 4 members (excludes halogenated alkanes) is 1. The average molecular weight is 367 g/mol. The zero-order valence-electron chi connectivity index (χ0n) is 16.0.